The Labute approximate surface area is 216 Å². The highest BCUT2D eigenvalue weighted by Gasteiger charge is 2.71. The molecule has 0 bridgehead atoms. The topological polar surface area (TPSA) is 107 Å². The van der Waals surface area contributed by atoms with E-state index >= 15 is 0 Å². The van der Waals surface area contributed by atoms with Crippen LogP contribution in [-0.4, -0.2) is 46.4 Å². The smallest absolute Gasteiger partial charge is 0.334 e. The van der Waals surface area contributed by atoms with Gasteiger partial charge in [-0.15, -0.1) is 0 Å². The van der Waals surface area contributed by atoms with Crippen molar-refractivity contribution in [1.82, 2.24) is 0 Å². The summed E-state index contributed by atoms with van der Waals surface area (Å²) in [6.45, 7) is 12.0. The van der Waals surface area contributed by atoms with Crippen LogP contribution in [0.3, 0.4) is 0 Å². The monoisotopic (exact) mass is 506 g/mol. The first-order valence-electron chi connectivity index (χ1n) is 13.8. The predicted octanol–water partition coefficient (Wildman–Crippen LogP) is 3.25. The number of hydrogen-bond acceptors (Lipinski definition) is 7. The minimum absolute atomic E-state index is 0.000671. The first-order chi connectivity index (χ1) is 17.5. The van der Waals surface area contributed by atoms with Crippen LogP contribution in [0.5, 0.6) is 0 Å². The Bertz CT molecular complexity index is 1240. The fraction of sp³-hybridized carbons (Fsp3) is 0.667. The van der Waals surface area contributed by atoms with Crippen LogP contribution >= 0.6 is 0 Å². The SMILES string of the molecule is C=C1C(=O)O[C@@H]2[C@@H]3C4=C(C(=O)[C@H]3C)[C@]3(CC[C@@]4(O)CC[C@@H]12)C(=O)C[C@H]1C(=C)CC[C@@H]2[C@H](OC(=O)[C@H]2C)[C@H]13. The molecule has 0 aromatic carbocycles. The minimum atomic E-state index is -1.23. The van der Waals surface area contributed by atoms with Gasteiger partial charge in [0.05, 0.1) is 16.9 Å². The van der Waals surface area contributed by atoms with Crippen LogP contribution in [0.1, 0.15) is 58.8 Å². The summed E-state index contributed by atoms with van der Waals surface area (Å²) in [7, 11) is 0. The summed E-state index contributed by atoms with van der Waals surface area (Å²) in [5, 5.41) is 12.1. The fourth-order valence-electron chi connectivity index (χ4n) is 9.64. The molecule has 2 aliphatic heterocycles. The van der Waals surface area contributed by atoms with Gasteiger partial charge in [0.25, 0.3) is 0 Å². The number of ether oxygens (including phenoxy) is 2. The van der Waals surface area contributed by atoms with E-state index in [0.29, 0.717) is 42.4 Å². The van der Waals surface area contributed by atoms with Crippen molar-refractivity contribution in [3.8, 4) is 0 Å². The molecule has 0 aromatic rings. The van der Waals surface area contributed by atoms with Crippen LogP contribution in [0.2, 0.25) is 0 Å². The Morgan fingerprint density at radius 3 is 2.43 bits per heavy atom. The van der Waals surface area contributed by atoms with E-state index in [0.717, 1.165) is 18.4 Å². The van der Waals surface area contributed by atoms with Crippen LogP contribution in [-0.2, 0) is 28.7 Å². The lowest BCUT2D eigenvalue weighted by Crippen LogP contribution is -2.51. The summed E-state index contributed by atoms with van der Waals surface area (Å²) in [4.78, 5) is 53.7. The van der Waals surface area contributed by atoms with Crippen molar-refractivity contribution >= 4 is 23.5 Å². The van der Waals surface area contributed by atoms with Gasteiger partial charge in [-0.3, -0.25) is 14.4 Å². The molecule has 3 saturated carbocycles. The van der Waals surface area contributed by atoms with Gasteiger partial charge in [0.2, 0.25) is 0 Å². The zero-order valence-corrected chi connectivity index (χ0v) is 21.5. The molecular formula is C30H34O7. The number of allylic oxidation sites excluding steroid dienone is 2. The van der Waals surface area contributed by atoms with Crippen molar-refractivity contribution in [3.63, 3.8) is 0 Å². The van der Waals surface area contributed by atoms with Crippen LogP contribution in [0.4, 0.5) is 0 Å². The Morgan fingerprint density at radius 2 is 1.68 bits per heavy atom. The number of ketones is 2. The first-order valence-corrected chi connectivity index (χ1v) is 13.8. The molecule has 5 aliphatic carbocycles. The van der Waals surface area contributed by atoms with Crippen LogP contribution in [0.25, 0.3) is 0 Å². The van der Waals surface area contributed by atoms with Crippen molar-refractivity contribution < 1.29 is 33.8 Å². The Kier molecular flexibility index (Phi) is 4.65. The molecular weight excluding hydrogens is 472 g/mol. The second-order valence-electron chi connectivity index (χ2n) is 12.8. The number of rotatable bonds is 0. The number of fused-ring (bicyclic) bond motifs is 7. The van der Waals surface area contributed by atoms with Crippen LogP contribution in [0, 0.1) is 46.8 Å². The molecule has 196 valence electrons. The van der Waals surface area contributed by atoms with Gasteiger partial charge < -0.3 is 14.6 Å². The van der Waals surface area contributed by atoms with Gasteiger partial charge in [0.1, 0.15) is 18.0 Å². The van der Waals surface area contributed by atoms with Crippen LogP contribution < -0.4 is 0 Å². The van der Waals surface area contributed by atoms with Crippen molar-refractivity contribution in [3.05, 3.63) is 35.5 Å². The van der Waals surface area contributed by atoms with Crippen molar-refractivity contribution in [2.45, 2.75) is 76.6 Å². The molecule has 7 heteroatoms. The lowest BCUT2D eigenvalue weighted by Gasteiger charge is -2.47. The Balaban J connectivity index is 1.45. The van der Waals surface area contributed by atoms with E-state index in [2.05, 4.69) is 13.2 Å². The molecule has 5 fully saturated rings. The number of aliphatic hydroxyl groups is 1. The number of carbonyl (C=O) groups is 4. The van der Waals surface area contributed by atoms with Crippen molar-refractivity contribution in [2.75, 3.05) is 0 Å². The Hall–Kier alpha value is -2.54. The molecule has 11 atom stereocenters. The maximum absolute atomic E-state index is 14.2. The first kappa shape index (κ1) is 23.6. The zero-order chi connectivity index (χ0) is 26.2. The highest BCUT2D eigenvalue weighted by atomic mass is 16.6. The predicted molar refractivity (Wildman–Crippen MR) is 131 cm³/mol. The molecule has 7 rings (SSSR count). The molecule has 0 radical (unpaired) electrons. The van der Waals surface area contributed by atoms with Gasteiger partial charge in [0, 0.05) is 47.2 Å². The van der Waals surface area contributed by atoms with Gasteiger partial charge in [-0.25, -0.2) is 4.79 Å². The Morgan fingerprint density at radius 1 is 0.919 bits per heavy atom. The lowest BCUT2D eigenvalue weighted by molar-refractivity contribution is -0.149. The average molecular weight is 507 g/mol. The molecule has 2 saturated heterocycles. The van der Waals surface area contributed by atoms with E-state index < -0.39 is 41.0 Å². The third-order valence-corrected chi connectivity index (χ3v) is 11.5. The summed E-state index contributed by atoms with van der Waals surface area (Å²) in [5.41, 5.74) is 0.103. The molecule has 1 spiro atoms. The van der Waals surface area contributed by atoms with Gasteiger partial charge in [0.15, 0.2) is 5.78 Å². The van der Waals surface area contributed by atoms with E-state index in [1.807, 2.05) is 13.8 Å². The molecule has 0 unspecified atom stereocenters. The van der Waals surface area contributed by atoms with Crippen LogP contribution in [0.15, 0.2) is 35.5 Å². The molecule has 0 aromatic heterocycles. The molecule has 7 aliphatic rings. The fourth-order valence-corrected chi connectivity index (χ4v) is 9.64. The quantitative estimate of drug-likeness (QED) is 0.305. The molecule has 37 heavy (non-hydrogen) atoms. The molecule has 7 nitrogen and oxygen atoms in total. The van der Waals surface area contributed by atoms with E-state index in [9.17, 15) is 24.3 Å². The van der Waals surface area contributed by atoms with E-state index in [4.69, 9.17) is 9.47 Å². The van der Waals surface area contributed by atoms with Gasteiger partial charge in [-0.05, 0) is 50.0 Å². The number of Topliss-reactive ketones (excluding diaryl/α,β-unsaturated/α-hetero) is 2. The van der Waals surface area contributed by atoms with Crippen molar-refractivity contribution in [1.29, 1.82) is 0 Å². The molecule has 0 amide bonds. The highest BCUT2D eigenvalue weighted by molar-refractivity contribution is 6.10. The summed E-state index contributed by atoms with van der Waals surface area (Å²) in [6.07, 6.45) is 2.40. The zero-order valence-electron chi connectivity index (χ0n) is 21.5. The number of carbonyl (C=O) groups excluding carboxylic acids is 4. The number of hydrogen-bond donors (Lipinski definition) is 1. The third kappa shape index (κ3) is 2.67. The summed E-state index contributed by atoms with van der Waals surface area (Å²) in [5.74, 6) is -2.91. The lowest BCUT2D eigenvalue weighted by atomic mass is 9.56. The normalized spacial score (nSPS) is 50.4. The van der Waals surface area contributed by atoms with Gasteiger partial charge >= 0.3 is 11.9 Å². The van der Waals surface area contributed by atoms with E-state index in [-0.39, 0.29) is 53.5 Å². The summed E-state index contributed by atoms with van der Waals surface area (Å²) in [6, 6.07) is 0. The second kappa shape index (κ2) is 7.31. The van der Waals surface area contributed by atoms with E-state index in [1.165, 1.54) is 0 Å². The maximum Gasteiger partial charge on any atom is 0.334 e. The third-order valence-electron chi connectivity index (χ3n) is 11.5. The van der Waals surface area contributed by atoms with E-state index in [1.54, 1.807) is 0 Å². The largest absolute Gasteiger partial charge is 0.461 e. The standard InChI is InChI=1S/C30H34O7/c1-12-5-6-16-13(2)28(34)37-26(16)21-18(12)11-19(31)30(21)10-9-29(35)8-7-17-14(3)27(33)36-25(17)20-15(4)24(32)23(30)22(20)29/h13,15-18,20-21,25-26,35H,1,3,5-11H2,2,4H3/t13-,15-,16-,17-,18-,20-,21-,25-,26-,29-,30+/m0/s1. The number of esters is 2. The molecule has 1 N–H and O–H groups in total. The van der Waals surface area contributed by atoms with Gasteiger partial charge in [-0.2, -0.15) is 0 Å². The van der Waals surface area contributed by atoms with Crippen molar-refractivity contribution in [2.24, 2.45) is 46.8 Å². The average Bonchev–Trinajstić information content (AvgIpc) is 3.44. The minimum Gasteiger partial charge on any atom is -0.461 e. The molecule has 2 heterocycles. The summed E-state index contributed by atoms with van der Waals surface area (Å²) < 4.78 is 11.9. The highest BCUT2D eigenvalue weighted by Crippen LogP contribution is 2.68. The maximum atomic E-state index is 14.2. The van der Waals surface area contributed by atoms with Gasteiger partial charge in [-0.1, -0.05) is 32.6 Å². The summed E-state index contributed by atoms with van der Waals surface area (Å²) >= 11 is 0. The second-order valence-corrected chi connectivity index (χ2v) is 12.8.